The lowest BCUT2D eigenvalue weighted by molar-refractivity contribution is 0.532. The van der Waals surface area contributed by atoms with Crippen molar-refractivity contribution in [3.8, 4) is 11.5 Å². The van der Waals surface area contributed by atoms with Crippen LogP contribution in [0.3, 0.4) is 0 Å². The van der Waals surface area contributed by atoms with Gasteiger partial charge >= 0.3 is 0 Å². The molecule has 3 heterocycles. The number of hydrogen-bond donors (Lipinski definition) is 0. The number of nitrogens with zero attached hydrogens (tertiary/aromatic N) is 4. The zero-order valence-corrected chi connectivity index (χ0v) is 17.1. The minimum atomic E-state index is -3.75. The molecule has 0 saturated carbocycles. The number of oxazole rings is 1. The highest BCUT2D eigenvalue weighted by atomic mass is 32.2. The van der Waals surface area contributed by atoms with Crippen molar-refractivity contribution in [2.45, 2.75) is 25.7 Å². The van der Waals surface area contributed by atoms with Crippen molar-refractivity contribution in [1.82, 2.24) is 9.97 Å². The Morgan fingerprint density at radius 2 is 1.82 bits per heavy atom. The van der Waals surface area contributed by atoms with Gasteiger partial charge in [-0.3, -0.25) is 9.29 Å². The SMILES string of the molecule is Cc1ncc(-c2cc(C)c(S(=O)(=O)N3CCN(C)c4cccc(C)c43)cn2)o1. The largest absolute Gasteiger partial charge is 0.439 e. The Morgan fingerprint density at radius 3 is 2.50 bits per heavy atom. The topological polar surface area (TPSA) is 79.5 Å². The van der Waals surface area contributed by atoms with E-state index in [0.29, 0.717) is 36.0 Å². The monoisotopic (exact) mass is 398 g/mol. The maximum absolute atomic E-state index is 13.5. The Hall–Kier alpha value is -2.87. The minimum absolute atomic E-state index is 0.200. The second-order valence-electron chi connectivity index (χ2n) is 7.02. The molecule has 0 N–H and O–H groups in total. The van der Waals surface area contributed by atoms with Gasteiger partial charge in [0.15, 0.2) is 11.7 Å². The van der Waals surface area contributed by atoms with Gasteiger partial charge in [0.25, 0.3) is 10.0 Å². The first-order chi connectivity index (χ1) is 13.3. The number of pyridine rings is 1. The van der Waals surface area contributed by atoms with Gasteiger partial charge in [-0.1, -0.05) is 12.1 Å². The number of aromatic nitrogens is 2. The van der Waals surface area contributed by atoms with Crippen molar-refractivity contribution in [3.05, 3.63) is 53.7 Å². The average Bonchev–Trinajstić information content (AvgIpc) is 3.08. The van der Waals surface area contributed by atoms with Crippen LogP contribution in [-0.4, -0.2) is 38.5 Å². The number of fused-ring (bicyclic) bond motifs is 1. The molecule has 28 heavy (non-hydrogen) atoms. The van der Waals surface area contributed by atoms with Gasteiger partial charge in [-0.05, 0) is 37.1 Å². The fourth-order valence-corrected chi connectivity index (χ4v) is 5.23. The molecule has 4 rings (SSSR count). The molecule has 1 aliphatic rings. The summed E-state index contributed by atoms with van der Waals surface area (Å²) >= 11 is 0. The molecule has 3 aromatic rings. The summed E-state index contributed by atoms with van der Waals surface area (Å²) in [5.41, 5.74) is 3.74. The summed E-state index contributed by atoms with van der Waals surface area (Å²) in [4.78, 5) is 10.7. The van der Waals surface area contributed by atoms with Crippen LogP contribution in [0.25, 0.3) is 11.5 Å². The van der Waals surface area contributed by atoms with E-state index >= 15 is 0 Å². The highest BCUT2D eigenvalue weighted by Crippen LogP contribution is 2.39. The zero-order valence-electron chi connectivity index (χ0n) is 16.3. The van der Waals surface area contributed by atoms with E-state index in [2.05, 4.69) is 14.9 Å². The average molecular weight is 398 g/mol. The van der Waals surface area contributed by atoms with Crippen molar-refractivity contribution in [1.29, 1.82) is 0 Å². The summed E-state index contributed by atoms with van der Waals surface area (Å²) in [6, 6.07) is 7.55. The summed E-state index contributed by atoms with van der Waals surface area (Å²) in [5, 5.41) is 0. The van der Waals surface area contributed by atoms with Crippen molar-refractivity contribution in [2.75, 3.05) is 29.3 Å². The van der Waals surface area contributed by atoms with Crippen LogP contribution < -0.4 is 9.21 Å². The van der Waals surface area contributed by atoms with Gasteiger partial charge in [-0.2, -0.15) is 0 Å². The minimum Gasteiger partial charge on any atom is -0.439 e. The standard InChI is InChI=1S/C20H22N4O3S/c1-13-6-5-7-17-20(13)24(9-8-23(17)4)28(25,26)19-12-22-16(10-14(19)2)18-11-21-15(3)27-18/h5-7,10-12H,8-9H2,1-4H3. The van der Waals surface area contributed by atoms with E-state index in [0.717, 1.165) is 16.9 Å². The Bertz CT molecular complexity index is 1150. The van der Waals surface area contributed by atoms with E-state index in [-0.39, 0.29) is 4.90 Å². The van der Waals surface area contributed by atoms with Gasteiger partial charge < -0.3 is 9.32 Å². The number of anilines is 2. The molecule has 0 fully saturated rings. The first-order valence-electron chi connectivity index (χ1n) is 9.02. The Balaban J connectivity index is 1.79. The smallest absolute Gasteiger partial charge is 0.266 e. The van der Waals surface area contributed by atoms with Gasteiger partial charge in [-0.25, -0.2) is 13.4 Å². The van der Waals surface area contributed by atoms with Crippen LogP contribution in [0.4, 0.5) is 11.4 Å². The summed E-state index contributed by atoms with van der Waals surface area (Å²) in [5.74, 6) is 1.06. The van der Waals surface area contributed by atoms with E-state index in [9.17, 15) is 8.42 Å². The molecule has 1 aromatic carbocycles. The number of hydrogen-bond acceptors (Lipinski definition) is 6. The van der Waals surface area contributed by atoms with Crippen LogP contribution in [0, 0.1) is 20.8 Å². The third-order valence-electron chi connectivity index (χ3n) is 5.02. The molecule has 0 amide bonds. The molecule has 0 atom stereocenters. The third kappa shape index (κ3) is 2.93. The lowest BCUT2D eigenvalue weighted by Gasteiger charge is -2.37. The van der Waals surface area contributed by atoms with Crippen molar-refractivity contribution in [3.63, 3.8) is 0 Å². The van der Waals surface area contributed by atoms with Gasteiger partial charge in [0, 0.05) is 26.7 Å². The number of benzene rings is 1. The Morgan fingerprint density at radius 1 is 1.04 bits per heavy atom. The summed E-state index contributed by atoms with van der Waals surface area (Å²) in [6.45, 7) is 6.47. The van der Waals surface area contributed by atoms with E-state index in [1.54, 1.807) is 26.1 Å². The molecule has 0 bridgehead atoms. The predicted molar refractivity (Wildman–Crippen MR) is 108 cm³/mol. The molecule has 1 aliphatic heterocycles. The Labute approximate surface area is 164 Å². The zero-order chi connectivity index (χ0) is 20.1. The van der Waals surface area contributed by atoms with Crippen LogP contribution in [0.1, 0.15) is 17.0 Å². The fourth-order valence-electron chi connectivity index (χ4n) is 3.54. The quantitative estimate of drug-likeness (QED) is 0.673. The maximum Gasteiger partial charge on any atom is 0.266 e. The van der Waals surface area contributed by atoms with Crippen LogP contribution >= 0.6 is 0 Å². The molecule has 0 unspecified atom stereocenters. The fraction of sp³-hybridized carbons (Fsp3) is 0.300. The second kappa shape index (κ2) is 6.63. The van der Waals surface area contributed by atoms with Crippen LogP contribution in [0.2, 0.25) is 0 Å². The summed E-state index contributed by atoms with van der Waals surface area (Å²) in [7, 11) is -1.77. The van der Waals surface area contributed by atoms with Crippen LogP contribution in [0.5, 0.6) is 0 Å². The van der Waals surface area contributed by atoms with Gasteiger partial charge in [0.2, 0.25) is 0 Å². The van der Waals surface area contributed by atoms with E-state index in [1.807, 2.05) is 32.2 Å². The summed E-state index contributed by atoms with van der Waals surface area (Å²) in [6.07, 6.45) is 3.00. The number of rotatable bonds is 3. The van der Waals surface area contributed by atoms with Crippen LogP contribution in [0.15, 0.2) is 46.0 Å². The number of likely N-dealkylation sites (N-methyl/N-ethyl adjacent to an activating group) is 1. The van der Waals surface area contributed by atoms with E-state index in [1.165, 1.54) is 10.5 Å². The molecule has 0 radical (unpaired) electrons. The van der Waals surface area contributed by atoms with E-state index < -0.39 is 10.0 Å². The number of aryl methyl sites for hydroxylation is 3. The van der Waals surface area contributed by atoms with Crippen molar-refractivity contribution in [2.24, 2.45) is 0 Å². The highest BCUT2D eigenvalue weighted by molar-refractivity contribution is 7.93. The number of sulfonamides is 1. The summed E-state index contributed by atoms with van der Waals surface area (Å²) < 4.78 is 34.0. The van der Waals surface area contributed by atoms with Crippen molar-refractivity contribution < 1.29 is 12.8 Å². The van der Waals surface area contributed by atoms with Gasteiger partial charge in [0.1, 0.15) is 10.6 Å². The van der Waals surface area contributed by atoms with Crippen molar-refractivity contribution >= 4 is 21.4 Å². The Kier molecular flexibility index (Phi) is 4.38. The van der Waals surface area contributed by atoms with Gasteiger partial charge in [-0.15, -0.1) is 0 Å². The molecule has 8 heteroatoms. The molecule has 0 spiro atoms. The maximum atomic E-state index is 13.5. The molecule has 146 valence electrons. The normalized spacial score (nSPS) is 14.3. The van der Waals surface area contributed by atoms with Gasteiger partial charge in [0.05, 0.1) is 24.1 Å². The second-order valence-corrected chi connectivity index (χ2v) is 8.85. The molecule has 7 nitrogen and oxygen atoms in total. The molecular formula is C20H22N4O3S. The lowest BCUT2D eigenvalue weighted by Crippen LogP contribution is -2.43. The molecule has 0 aliphatic carbocycles. The highest BCUT2D eigenvalue weighted by Gasteiger charge is 2.33. The third-order valence-corrected chi connectivity index (χ3v) is 6.95. The first kappa shape index (κ1) is 18.5. The molecule has 0 saturated heterocycles. The predicted octanol–water partition coefficient (Wildman–Crippen LogP) is 3.31. The number of para-hydroxylation sites is 1. The van der Waals surface area contributed by atoms with Crippen LogP contribution in [-0.2, 0) is 10.0 Å². The molecule has 2 aromatic heterocycles. The first-order valence-corrected chi connectivity index (χ1v) is 10.5. The molecular weight excluding hydrogens is 376 g/mol. The van der Waals surface area contributed by atoms with E-state index in [4.69, 9.17) is 4.42 Å². The lowest BCUT2D eigenvalue weighted by atomic mass is 10.1.